The number of benzene rings is 1. The van der Waals surface area contributed by atoms with Crippen LogP contribution in [-0.4, -0.2) is 11.3 Å². The van der Waals surface area contributed by atoms with Gasteiger partial charge in [0, 0.05) is 22.8 Å². The van der Waals surface area contributed by atoms with Crippen molar-refractivity contribution in [3.05, 3.63) is 34.4 Å². The quantitative estimate of drug-likeness (QED) is 0.734. The highest BCUT2D eigenvalue weighted by Crippen LogP contribution is 2.76. The van der Waals surface area contributed by atoms with Crippen LogP contribution in [0.25, 0.3) is 0 Å². The van der Waals surface area contributed by atoms with Crippen molar-refractivity contribution >= 4 is 5.71 Å². The molecule has 1 aromatic carbocycles. The zero-order valence-corrected chi connectivity index (χ0v) is 13.7. The molecule has 1 fully saturated rings. The molecular weight excluding hydrogens is 246 g/mol. The van der Waals surface area contributed by atoms with E-state index in [0.29, 0.717) is 0 Å². The first-order valence-electron chi connectivity index (χ1n) is 7.47. The van der Waals surface area contributed by atoms with Crippen LogP contribution in [0.4, 0.5) is 0 Å². The van der Waals surface area contributed by atoms with E-state index in [1.807, 2.05) is 0 Å². The number of oxime groups is 1. The van der Waals surface area contributed by atoms with E-state index in [0.717, 1.165) is 12.1 Å². The fourth-order valence-corrected chi connectivity index (χ4v) is 4.25. The maximum Gasteiger partial charge on any atom is 0.154 e. The lowest BCUT2D eigenvalue weighted by Gasteiger charge is -2.13. The molecule has 0 saturated heterocycles. The Bertz CT molecular complexity index is 585. The molecule has 0 amide bonds. The normalized spacial score (nSPS) is 24.4. The summed E-state index contributed by atoms with van der Waals surface area (Å²) in [6.07, 6.45) is 0.928. The summed E-state index contributed by atoms with van der Waals surface area (Å²) in [5.74, 6) is 0. The summed E-state index contributed by atoms with van der Waals surface area (Å²) in [5.41, 5.74) is 6.57. The van der Waals surface area contributed by atoms with Crippen LogP contribution < -0.4 is 0 Å². The molecule has 1 heterocycles. The number of hydrogen-bond donors (Lipinski definition) is 0. The highest BCUT2D eigenvalue weighted by atomic mass is 16.7. The van der Waals surface area contributed by atoms with Crippen molar-refractivity contribution in [2.45, 2.75) is 60.5 Å². The van der Waals surface area contributed by atoms with E-state index in [4.69, 9.17) is 4.84 Å². The van der Waals surface area contributed by atoms with Crippen molar-refractivity contribution < 1.29 is 4.84 Å². The SMILES string of the molecule is Cc1cc(C)c(C2=NOC3(C2)C(C)(C)C3(C)C)c(C)c1. The molecular formula is C18H25NO. The molecule has 2 nitrogen and oxygen atoms in total. The minimum Gasteiger partial charge on any atom is -0.387 e. The van der Waals surface area contributed by atoms with Crippen LogP contribution in [0.3, 0.4) is 0 Å². The number of nitrogens with zero attached hydrogens (tertiary/aromatic N) is 1. The molecule has 2 aliphatic rings. The van der Waals surface area contributed by atoms with Gasteiger partial charge in [-0.25, -0.2) is 0 Å². The zero-order chi connectivity index (χ0) is 14.9. The summed E-state index contributed by atoms with van der Waals surface area (Å²) in [7, 11) is 0. The molecule has 1 saturated carbocycles. The molecule has 1 aliphatic carbocycles. The van der Waals surface area contributed by atoms with Crippen LogP contribution in [-0.2, 0) is 4.84 Å². The standard InChI is InChI=1S/C18H25NO/c1-11-8-12(2)15(13(3)9-11)14-10-18(20-19-14)16(4,5)17(18,6)7/h8-9H,10H2,1-7H3. The molecule has 0 aromatic heterocycles. The van der Waals surface area contributed by atoms with Gasteiger partial charge in [-0.1, -0.05) is 50.5 Å². The van der Waals surface area contributed by atoms with Crippen LogP contribution >= 0.6 is 0 Å². The van der Waals surface area contributed by atoms with Gasteiger partial charge < -0.3 is 4.84 Å². The van der Waals surface area contributed by atoms with E-state index in [2.05, 4.69) is 65.8 Å². The molecule has 0 bridgehead atoms. The Morgan fingerprint density at radius 2 is 1.45 bits per heavy atom. The summed E-state index contributed by atoms with van der Waals surface area (Å²) >= 11 is 0. The third kappa shape index (κ3) is 1.37. The topological polar surface area (TPSA) is 21.6 Å². The number of aryl methyl sites for hydroxylation is 3. The lowest BCUT2D eigenvalue weighted by molar-refractivity contribution is 0.0211. The van der Waals surface area contributed by atoms with Crippen molar-refractivity contribution in [3.8, 4) is 0 Å². The van der Waals surface area contributed by atoms with Crippen LogP contribution in [0.5, 0.6) is 0 Å². The largest absolute Gasteiger partial charge is 0.387 e. The Labute approximate surface area is 122 Å². The van der Waals surface area contributed by atoms with E-state index in [-0.39, 0.29) is 16.4 Å². The fourth-order valence-electron chi connectivity index (χ4n) is 4.25. The van der Waals surface area contributed by atoms with Gasteiger partial charge >= 0.3 is 0 Å². The zero-order valence-electron chi connectivity index (χ0n) is 13.7. The predicted octanol–water partition coefficient (Wildman–Crippen LogP) is 4.54. The number of hydrogen-bond acceptors (Lipinski definition) is 2. The Kier molecular flexibility index (Phi) is 2.50. The Balaban J connectivity index is 1.97. The molecule has 0 N–H and O–H groups in total. The van der Waals surface area contributed by atoms with Gasteiger partial charge in [0.1, 0.15) is 0 Å². The van der Waals surface area contributed by atoms with Gasteiger partial charge in [0.15, 0.2) is 5.60 Å². The minimum absolute atomic E-state index is 0.112. The highest BCUT2D eigenvalue weighted by molar-refractivity contribution is 6.04. The first kappa shape index (κ1) is 13.7. The third-order valence-corrected chi connectivity index (χ3v) is 6.21. The summed E-state index contributed by atoms with van der Waals surface area (Å²) in [6, 6.07) is 4.47. The Morgan fingerprint density at radius 3 is 1.85 bits per heavy atom. The fraction of sp³-hybridized carbons (Fsp3) is 0.611. The predicted molar refractivity (Wildman–Crippen MR) is 83.2 cm³/mol. The molecule has 0 atom stereocenters. The first-order chi connectivity index (χ1) is 9.14. The minimum atomic E-state index is -0.112. The molecule has 1 aromatic rings. The average molecular weight is 271 g/mol. The van der Waals surface area contributed by atoms with Crippen molar-refractivity contribution in [1.29, 1.82) is 0 Å². The van der Waals surface area contributed by atoms with E-state index in [1.54, 1.807) is 0 Å². The summed E-state index contributed by atoms with van der Waals surface area (Å²) in [4.78, 5) is 5.98. The molecule has 1 aliphatic heterocycles. The van der Waals surface area contributed by atoms with Gasteiger partial charge in [-0.15, -0.1) is 0 Å². The van der Waals surface area contributed by atoms with E-state index >= 15 is 0 Å². The summed E-state index contributed by atoms with van der Waals surface area (Å²) in [6.45, 7) is 15.7. The first-order valence-corrected chi connectivity index (χ1v) is 7.47. The van der Waals surface area contributed by atoms with Crippen LogP contribution in [0, 0.1) is 31.6 Å². The van der Waals surface area contributed by atoms with Crippen molar-refractivity contribution in [1.82, 2.24) is 0 Å². The lowest BCUT2D eigenvalue weighted by atomic mass is 9.91. The van der Waals surface area contributed by atoms with E-state index < -0.39 is 0 Å². The van der Waals surface area contributed by atoms with E-state index in [1.165, 1.54) is 22.3 Å². The average Bonchev–Trinajstić information content (AvgIpc) is 2.69. The van der Waals surface area contributed by atoms with Crippen LogP contribution in [0.15, 0.2) is 17.3 Å². The molecule has 20 heavy (non-hydrogen) atoms. The van der Waals surface area contributed by atoms with Gasteiger partial charge in [0.2, 0.25) is 0 Å². The monoisotopic (exact) mass is 271 g/mol. The van der Waals surface area contributed by atoms with Crippen molar-refractivity contribution in [2.24, 2.45) is 16.0 Å². The Hall–Kier alpha value is -1.31. The van der Waals surface area contributed by atoms with Gasteiger partial charge in [0.25, 0.3) is 0 Å². The second-order valence-electron chi connectivity index (χ2n) is 7.66. The number of rotatable bonds is 1. The molecule has 0 radical (unpaired) electrons. The molecule has 108 valence electrons. The second kappa shape index (κ2) is 3.66. The molecule has 1 spiro atoms. The second-order valence-corrected chi connectivity index (χ2v) is 7.66. The highest BCUT2D eigenvalue weighted by Gasteiger charge is 2.82. The van der Waals surface area contributed by atoms with Gasteiger partial charge in [0.05, 0.1) is 5.71 Å². The van der Waals surface area contributed by atoms with E-state index in [9.17, 15) is 0 Å². The molecule has 0 unspecified atom stereocenters. The molecule has 3 rings (SSSR count). The lowest BCUT2D eigenvalue weighted by Crippen LogP contribution is -2.19. The van der Waals surface area contributed by atoms with Crippen LogP contribution in [0.1, 0.15) is 56.4 Å². The van der Waals surface area contributed by atoms with Gasteiger partial charge in [-0.3, -0.25) is 0 Å². The van der Waals surface area contributed by atoms with Gasteiger partial charge in [-0.2, -0.15) is 0 Å². The van der Waals surface area contributed by atoms with Crippen molar-refractivity contribution in [3.63, 3.8) is 0 Å². The van der Waals surface area contributed by atoms with Gasteiger partial charge in [-0.05, 0) is 31.9 Å². The smallest absolute Gasteiger partial charge is 0.154 e. The maximum absolute atomic E-state index is 5.98. The van der Waals surface area contributed by atoms with Crippen molar-refractivity contribution in [2.75, 3.05) is 0 Å². The summed E-state index contributed by atoms with van der Waals surface area (Å²) < 4.78 is 0. The maximum atomic E-state index is 5.98. The summed E-state index contributed by atoms with van der Waals surface area (Å²) in [5, 5.41) is 4.48. The van der Waals surface area contributed by atoms with Crippen LogP contribution in [0.2, 0.25) is 0 Å². The molecule has 2 heteroatoms. The Morgan fingerprint density at radius 1 is 0.950 bits per heavy atom. The third-order valence-electron chi connectivity index (χ3n) is 6.21.